The number of thiazole rings is 1. The Bertz CT molecular complexity index is 1080. The van der Waals surface area contributed by atoms with Crippen LogP contribution in [0.3, 0.4) is 0 Å². The molecular formula is C19H14N4O2S. The highest BCUT2D eigenvalue weighted by Gasteiger charge is 2.11. The van der Waals surface area contributed by atoms with Crippen molar-refractivity contribution >= 4 is 33.1 Å². The fourth-order valence-corrected chi connectivity index (χ4v) is 3.31. The Hall–Kier alpha value is -3.32. The highest BCUT2D eigenvalue weighted by molar-refractivity contribution is 7.19. The van der Waals surface area contributed by atoms with E-state index in [4.69, 9.17) is 4.74 Å². The molecule has 0 radical (unpaired) electrons. The Morgan fingerprint density at radius 1 is 1.04 bits per heavy atom. The van der Waals surface area contributed by atoms with E-state index in [2.05, 4.69) is 26.3 Å². The first-order valence-electron chi connectivity index (χ1n) is 7.84. The Balaban J connectivity index is 1.54. The SMILES string of the molecule is COc1ccc(C(=O)Nc2ncc(-c3ccc4cnccc4c3)s2)cn1. The van der Waals surface area contributed by atoms with Crippen molar-refractivity contribution in [1.29, 1.82) is 0 Å². The minimum absolute atomic E-state index is 0.259. The third-order valence-corrected chi connectivity index (χ3v) is 4.82. The second kappa shape index (κ2) is 6.89. The molecular weight excluding hydrogens is 348 g/mol. The van der Waals surface area contributed by atoms with Crippen LogP contribution in [0.25, 0.3) is 21.2 Å². The van der Waals surface area contributed by atoms with Gasteiger partial charge in [0.1, 0.15) is 0 Å². The maximum Gasteiger partial charge on any atom is 0.259 e. The van der Waals surface area contributed by atoms with E-state index in [0.717, 1.165) is 21.2 Å². The number of amides is 1. The first-order valence-corrected chi connectivity index (χ1v) is 8.66. The van der Waals surface area contributed by atoms with Crippen LogP contribution in [0.4, 0.5) is 5.13 Å². The summed E-state index contributed by atoms with van der Waals surface area (Å²) in [6.07, 6.45) is 6.84. The molecule has 128 valence electrons. The highest BCUT2D eigenvalue weighted by atomic mass is 32.1. The molecule has 0 atom stereocenters. The van der Waals surface area contributed by atoms with Gasteiger partial charge >= 0.3 is 0 Å². The number of carbonyl (C=O) groups is 1. The zero-order chi connectivity index (χ0) is 17.9. The van der Waals surface area contributed by atoms with Crippen LogP contribution < -0.4 is 10.1 Å². The number of carbonyl (C=O) groups excluding carboxylic acids is 1. The molecule has 0 bridgehead atoms. The van der Waals surface area contributed by atoms with Crippen LogP contribution in [0.5, 0.6) is 5.88 Å². The molecule has 0 unspecified atom stereocenters. The van der Waals surface area contributed by atoms with Crippen LogP contribution >= 0.6 is 11.3 Å². The van der Waals surface area contributed by atoms with Gasteiger partial charge in [-0.1, -0.05) is 23.5 Å². The van der Waals surface area contributed by atoms with E-state index in [1.807, 2.05) is 24.4 Å². The summed E-state index contributed by atoms with van der Waals surface area (Å²) in [6, 6.07) is 11.4. The lowest BCUT2D eigenvalue weighted by Crippen LogP contribution is -2.11. The number of hydrogen-bond donors (Lipinski definition) is 1. The summed E-state index contributed by atoms with van der Waals surface area (Å²) in [6.45, 7) is 0. The van der Waals surface area contributed by atoms with Crippen LogP contribution in [-0.4, -0.2) is 28.0 Å². The number of hydrogen-bond acceptors (Lipinski definition) is 6. The third kappa shape index (κ3) is 3.25. The summed E-state index contributed by atoms with van der Waals surface area (Å²) in [5.41, 5.74) is 1.49. The van der Waals surface area contributed by atoms with Crippen LogP contribution in [0, 0.1) is 0 Å². The molecule has 7 heteroatoms. The number of fused-ring (bicyclic) bond motifs is 1. The van der Waals surface area contributed by atoms with E-state index >= 15 is 0 Å². The van der Waals surface area contributed by atoms with Crippen molar-refractivity contribution in [2.75, 3.05) is 12.4 Å². The van der Waals surface area contributed by atoms with Crippen molar-refractivity contribution in [2.45, 2.75) is 0 Å². The van der Waals surface area contributed by atoms with Gasteiger partial charge in [0.05, 0.1) is 17.6 Å². The molecule has 1 aromatic carbocycles. The molecule has 6 nitrogen and oxygen atoms in total. The molecule has 26 heavy (non-hydrogen) atoms. The van der Waals surface area contributed by atoms with Gasteiger partial charge in [0.2, 0.25) is 5.88 Å². The van der Waals surface area contributed by atoms with Gasteiger partial charge in [-0.15, -0.1) is 0 Å². The zero-order valence-electron chi connectivity index (χ0n) is 13.8. The smallest absolute Gasteiger partial charge is 0.259 e. The summed E-state index contributed by atoms with van der Waals surface area (Å²) in [5.74, 6) is 0.204. The van der Waals surface area contributed by atoms with Gasteiger partial charge in [-0.2, -0.15) is 0 Å². The maximum absolute atomic E-state index is 12.3. The van der Waals surface area contributed by atoms with Crippen molar-refractivity contribution in [3.8, 4) is 16.3 Å². The molecule has 0 aliphatic heterocycles. The Morgan fingerprint density at radius 2 is 1.96 bits per heavy atom. The monoisotopic (exact) mass is 362 g/mol. The minimum Gasteiger partial charge on any atom is -0.481 e. The fourth-order valence-electron chi connectivity index (χ4n) is 2.51. The Labute approximate surface area is 153 Å². The Morgan fingerprint density at radius 3 is 2.77 bits per heavy atom. The molecule has 0 aliphatic carbocycles. The number of nitrogens with one attached hydrogen (secondary N) is 1. The fraction of sp³-hybridized carbons (Fsp3) is 0.0526. The average Bonchev–Trinajstić information content (AvgIpc) is 3.16. The van der Waals surface area contributed by atoms with Gasteiger partial charge in [-0.25, -0.2) is 9.97 Å². The van der Waals surface area contributed by atoms with Crippen LogP contribution in [0.2, 0.25) is 0 Å². The number of nitrogens with zero attached hydrogens (tertiary/aromatic N) is 3. The number of benzene rings is 1. The van der Waals surface area contributed by atoms with E-state index < -0.39 is 0 Å². The second-order valence-electron chi connectivity index (χ2n) is 5.51. The summed E-state index contributed by atoms with van der Waals surface area (Å²) >= 11 is 1.42. The molecule has 1 N–H and O–H groups in total. The third-order valence-electron chi connectivity index (χ3n) is 3.86. The van der Waals surface area contributed by atoms with Crippen LogP contribution in [0.1, 0.15) is 10.4 Å². The maximum atomic E-state index is 12.3. The molecule has 0 saturated carbocycles. The van der Waals surface area contributed by atoms with Crippen molar-refractivity contribution in [3.05, 3.63) is 66.7 Å². The lowest BCUT2D eigenvalue weighted by atomic mass is 10.1. The molecule has 0 aliphatic rings. The van der Waals surface area contributed by atoms with Crippen molar-refractivity contribution < 1.29 is 9.53 Å². The second-order valence-corrected chi connectivity index (χ2v) is 6.54. The van der Waals surface area contributed by atoms with Crippen LogP contribution in [-0.2, 0) is 0 Å². The first-order chi connectivity index (χ1) is 12.7. The summed E-state index contributed by atoms with van der Waals surface area (Å²) in [4.78, 5) is 25.7. The number of rotatable bonds is 4. The average molecular weight is 362 g/mol. The zero-order valence-corrected chi connectivity index (χ0v) is 14.7. The molecule has 0 saturated heterocycles. The standard InChI is InChI=1S/C19H14N4O2S/c1-25-17-5-4-15(10-21-17)18(24)23-19-22-11-16(26-19)13-2-3-14-9-20-7-6-12(14)8-13/h2-11H,1H3,(H,22,23,24). The van der Waals surface area contributed by atoms with Gasteiger partial charge in [0.15, 0.2) is 5.13 Å². The van der Waals surface area contributed by atoms with E-state index in [0.29, 0.717) is 16.6 Å². The molecule has 0 spiro atoms. The predicted molar refractivity (Wildman–Crippen MR) is 102 cm³/mol. The summed E-state index contributed by atoms with van der Waals surface area (Å²) in [5, 5.41) is 5.53. The van der Waals surface area contributed by atoms with Gasteiger partial charge in [0, 0.05) is 36.2 Å². The lowest BCUT2D eigenvalue weighted by molar-refractivity contribution is 0.102. The van der Waals surface area contributed by atoms with Gasteiger partial charge in [-0.05, 0) is 29.1 Å². The topological polar surface area (TPSA) is 77.0 Å². The van der Waals surface area contributed by atoms with Crippen molar-refractivity contribution in [2.24, 2.45) is 0 Å². The van der Waals surface area contributed by atoms with Crippen molar-refractivity contribution in [3.63, 3.8) is 0 Å². The number of methoxy groups -OCH3 is 1. The van der Waals surface area contributed by atoms with E-state index in [1.165, 1.54) is 24.6 Å². The first kappa shape index (κ1) is 16.2. The Kier molecular flexibility index (Phi) is 4.28. The minimum atomic E-state index is -0.259. The summed E-state index contributed by atoms with van der Waals surface area (Å²) < 4.78 is 4.99. The van der Waals surface area contributed by atoms with E-state index in [9.17, 15) is 4.79 Å². The van der Waals surface area contributed by atoms with E-state index in [-0.39, 0.29) is 5.91 Å². The number of pyridine rings is 2. The largest absolute Gasteiger partial charge is 0.481 e. The van der Waals surface area contributed by atoms with E-state index in [1.54, 1.807) is 24.5 Å². The molecule has 4 rings (SSSR count). The highest BCUT2D eigenvalue weighted by Crippen LogP contribution is 2.31. The van der Waals surface area contributed by atoms with Crippen LogP contribution in [0.15, 0.2) is 61.2 Å². The number of anilines is 1. The number of aromatic nitrogens is 3. The molecule has 1 amide bonds. The molecule has 4 aromatic rings. The summed E-state index contributed by atoms with van der Waals surface area (Å²) in [7, 11) is 1.53. The normalized spacial score (nSPS) is 10.7. The quantitative estimate of drug-likeness (QED) is 0.593. The predicted octanol–water partition coefficient (Wildman–Crippen LogP) is 4.01. The van der Waals surface area contributed by atoms with Gasteiger partial charge in [-0.3, -0.25) is 15.1 Å². The van der Waals surface area contributed by atoms with Gasteiger partial charge in [0.25, 0.3) is 5.91 Å². The van der Waals surface area contributed by atoms with Gasteiger partial charge < -0.3 is 4.74 Å². The molecule has 0 fully saturated rings. The van der Waals surface area contributed by atoms with Crippen molar-refractivity contribution in [1.82, 2.24) is 15.0 Å². The molecule has 3 heterocycles. The number of ether oxygens (including phenoxy) is 1. The lowest BCUT2D eigenvalue weighted by Gasteiger charge is -2.02. The molecule has 3 aromatic heterocycles.